The van der Waals surface area contributed by atoms with Crippen LogP contribution in [0.4, 0.5) is 11.4 Å². The number of phenols is 1. The maximum absolute atomic E-state index is 15.6. The van der Waals surface area contributed by atoms with E-state index in [0.29, 0.717) is 38.9 Å². The first kappa shape index (κ1) is 38.9. The Hall–Kier alpha value is -5.62. The van der Waals surface area contributed by atoms with Crippen LogP contribution in [-0.4, -0.2) is 40.9 Å². The van der Waals surface area contributed by atoms with Crippen molar-refractivity contribution in [1.29, 1.82) is 0 Å². The fourth-order valence-electron chi connectivity index (χ4n) is 9.63. The van der Waals surface area contributed by atoms with Crippen molar-refractivity contribution in [1.82, 2.24) is 5.01 Å². The summed E-state index contributed by atoms with van der Waals surface area (Å²) in [5.41, 5.74) is 4.58. The van der Waals surface area contributed by atoms with Gasteiger partial charge in [0, 0.05) is 27.0 Å². The van der Waals surface area contributed by atoms with Crippen LogP contribution in [0.3, 0.4) is 0 Å². The van der Waals surface area contributed by atoms with Gasteiger partial charge in [0.2, 0.25) is 11.8 Å². The van der Waals surface area contributed by atoms with E-state index in [0.717, 1.165) is 15.0 Å². The summed E-state index contributed by atoms with van der Waals surface area (Å²) in [6.07, 6.45) is 2.23. The number of carbonyl (C=O) groups is 4. The molecule has 2 saturated heterocycles. The van der Waals surface area contributed by atoms with Gasteiger partial charge in [0.05, 0.1) is 46.7 Å². The van der Waals surface area contributed by atoms with Crippen molar-refractivity contribution < 1.29 is 33.8 Å². The second kappa shape index (κ2) is 15.2. The van der Waals surface area contributed by atoms with Crippen molar-refractivity contribution in [3.8, 4) is 17.2 Å². The van der Waals surface area contributed by atoms with E-state index in [4.69, 9.17) is 32.7 Å². The lowest BCUT2D eigenvalue weighted by Gasteiger charge is -2.50. The van der Waals surface area contributed by atoms with Crippen LogP contribution in [0, 0.1) is 23.7 Å². The Morgan fingerprint density at radius 1 is 0.831 bits per heavy atom. The highest BCUT2D eigenvalue weighted by atomic mass is 79.9. The molecule has 5 aromatic carbocycles. The number of halogens is 3. The molecular weight excluding hydrogens is 857 g/mol. The number of imide groups is 2. The zero-order valence-electron chi connectivity index (χ0n) is 31.5. The zero-order chi connectivity index (χ0) is 41.2. The van der Waals surface area contributed by atoms with Crippen molar-refractivity contribution in [3.05, 3.63) is 158 Å². The van der Waals surface area contributed by atoms with Gasteiger partial charge in [-0.25, -0.2) is 0 Å². The maximum Gasteiger partial charge on any atom is 0.260 e. The Morgan fingerprint density at radius 2 is 1.56 bits per heavy atom. The Labute approximate surface area is 358 Å². The second-order valence-electron chi connectivity index (χ2n) is 15.2. The lowest BCUT2D eigenvalue weighted by Crippen LogP contribution is -2.53. The molecule has 2 heterocycles. The smallest absolute Gasteiger partial charge is 0.260 e. The van der Waals surface area contributed by atoms with E-state index in [9.17, 15) is 14.7 Å². The Bertz CT molecular complexity index is 2550. The number of fused-ring (bicyclic) bond motifs is 4. The van der Waals surface area contributed by atoms with Crippen LogP contribution >= 0.6 is 39.1 Å². The van der Waals surface area contributed by atoms with E-state index in [1.807, 2.05) is 36.4 Å². The molecule has 2 aliphatic heterocycles. The summed E-state index contributed by atoms with van der Waals surface area (Å²) >= 11 is 16.2. The third-order valence-electron chi connectivity index (χ3n) is 12.2. The molecule has 0 radical (unpaired) electrons. The highest BCUT2D eigenvalue weighted by Crippen LogP contribution is 2.65. The van der Waals surface area contributed by atoms with Crippen LogP contribution in [0.2, 0.25) is 10.0 Å². The molecule has 6 unspecified atom stereocenters. The van der Waals surface area contributed by atoms with Crippen LogP contribution in [0.1, 0.15) is 35.4 Å². The largest absolute Gasteiger partial charge is 0.508 e. The number of methoxy groups -OCH3 is 1. The number of nitrogens with one attached hydrogen (secondary N) is 1. The average molecular weight is 894 g/mol. The molecule has 0 spiro atoms. The molecule has 3 fully saturated rings. The standard InChI is InChI=1S/C46H36BrCl2N3O7/c1-58-30-14-7-26(8-15-30)46-36(43(55)52(45(46)57)50-38-20-11-28(48)21-37(38)49)23-35-32(18-19-34-40(35)44(56)51(42(34)54)29-12-9-27(47)10-13-29)41(46)33-17-16-31(22-39(33)53)59-24-25-5-3-2-4-6-25/h2-18,20-22,34-36,40-41,50,53H,19,23-24H2,1H3. The van der Waals surface area contributed by atoms with Gasteiger partial charge in [-0.05, 0) is 90.6 Å². The molecule has 1 saturated carbocycles. The van der Waals surface area contributed by atoms with Crippen molar-refractivity contribution in [2.24, 2.45) is 23.7 Å². The number of amides is 4. The Balaban J connectivity index is 1.21. The number of phenolic OH excluding ortho intramolecular Hbond substituents is 1. The fraction of sp³-hybridized carbons (Fsp3) is 0.217. The molecular formula is C46H36BrCl2N3O7. The molecule has 9 rings (SSSR count). The van der Waals surface area contributed by atoms with Crippen molar-refractivity contribution in [3.63, 3.8) is 0 Å². The molecule has 13 heteroatoms. The number of hydrogen-bond acceptors (Lipinski definition) is 8. The third kappa shape index (κ3) is 6.38. The molecule has 6 atom stereocenters. The Morgan fingerprint density at radius 3 is 2.25 bits per heavy atom. The SMILES string of the molecule is COc1ccc(C23C(=O)N(Nc4ccc(Cl)cc4Cl)C(=O)C2CC2C(=CCC4C(=O)N(c5ccc(Br)cc5)C(=O)C42)C3c2ccc(OCc3ccccc3)cc2O)cc1. The molecule has 0 aromatic heterocycles. The minimum Gasteiger partial charge on any atom is -0.508 e. The van der Waals surface area contributed by atoms with Crippen LogP contribution < -0.4 is 19.8 Å². The molecule has 4 aliphatic rings. The third-order valence-corrected chi connectivity index (χ3v) is 13.3. The van der Waals surface area contributed by atoms with Gasteiger partial charge in [0.25, 0.3) is 11.8 Å². The van der Waals surface area contributed by atoms with Gasteiger partial charge < -0.3 is 14.6 Å². The van der Waals surface area contributed by atoms with Crippen molar-refractivity contribution in [2.75, 3.05) is 17.4 Å². The normalized spacial score (nSPS) is 24.7. The molecule has 2 aliphatic carbocycles. The van der Waals surface area contributed by atoms with Crippen LogP contribution in [0.5, 0.6) is 17.2 Å². The summed E-state index contributed by atoms with van der Waals surface area (Å²) in [6.45, 7) is 0.253. The number of hydrazine groups is 1. The van der Waals surface area contributed by atoms with Gasteiger partial charge in [-0.15, -0.1) is 0 Å². The summed E-state index contributed by atoms with van der Waals surface area (Å²) in [6, 6.07) is 33.2. The van der Waals surface area contributed by atoms with E-state index < -0.39 is 46.8 Å². The van der Waals surface area contributed by atoms with E-state index in [-0.39, 0.29) is 47.7 Å². The molecule has 59 heavy (non-hydrogen) atoms. The van der Waals surface area contributed by atoms with Gasteiger partial charge in [-0.2, -0.15) is 5.01 Å². The second-order valence-corrected chi connectivity index (χ2v) is 17.0. The van der Waals surface area contributed by atoms with E-state index in [1.165, 1.54) is 24.1 Å². The first-order valence-electron chi connectivity index (χ1n) is 19.1. The average Bonchev–Trinajstić information content (AvgIpc) is 3.62. The lowest BCUT2D eigenvalue weighted by molar-refractivity contribution is -0.138. The topological polar surface area (TPSA) is 125 Å². The predicted octanol–water partition coefficient (Wildman–Crippen LogP) is 9.24. The number of carbonyl (C=O) groups excluding carboxylic acids is 4. The number of allylic oxidation sites excluding steroid dienone is 2. The molecule has 10 nitrogen and oxygen atoms in total. The van der Waals surface area contributed by atoms with Gasteiger partial charge >= 0.3 is 0 Å². The summed E-state index contributed by atoms with van der Waals surface area (Å²) in [4.78, 5) is 60.7. The first-order chi connectivity index (χ1) is 28.5. The first-order valence-corrected chi connectivity index (χ1v) is 20.6. The van der Waals surface area contributed by atoms with E-state index in [1.54, 1.807) is 72.8 Å². The molecule has 2 N–H and O–H groups in total. The number of rotatable bonds is 9. The summed E-state index contributed by atoms with van der Waals surface area (Å²) in [5.74, 6) is -5.24. The highest BCUT2D eigenvalue weighted by Gasteiger charge is 2.70. The number of ether oxygens (including phenoxy) is 2. The van der Waals surface area contributed by atoms with Gasteiger partial charge in [-0.3, -0.25) is 29.5 Å². The highest BCUT2D eigenvalue weighted by molar-refractivity contribution is 9.10. The molecule has 0 bridgehead atoms. The molecule has 5 aromatic rings. The number of nitrogens with zero attached hydrogens (tertiary/aromatic N) is 2. The van der Waals surface area contributed by atoms with Crippen molar-refractivity contribution >= 4 is 74.1 Å². The predicted molar refractivity (Wildman–Crippen MR) is 226 cm³/mol. The minimum atomic E-state index is -1.65. The van der Waals surface area contributed by atoms with Crippen LogP contribution in [0.15, 0.2) is 131 Å². The van der Waals surface area contributed by atoms with Gasteiger partial charge in [0.1, 0.15) is 23.9 Å². The maximum atomic E-state index is 15.6. The lowest BCUT2D eigenvalue weighted by atomic mass is 9.49. The zero-order valence-corrected chi connectivity index (χ0v) is 34.6. The monoisotopic (exact) mass is 891 g/mol. The summed E-state index contributed by atoms with van der Waals surface area (Å²) in [5, 5.41) is 13.6. The molecule has 4 amide bonds. The number of aromatic hydroxyl groups is 1. The van der Waals surface area contributed by atoms with Crippen molar-refractivity contribution in [2.45, 2.75) is 30.8 Å². The summed E-state index contributed by atoms with van der Waals surface area (Å²) < 4.78 is 12.4. The van der Waals surface area contributed by atoms with Crippen LogP contribution in [0.25, 0.3) is 0 Å². The summed E-state index contributed by atoms with van der Waals surface area (Å²) in [7, 11) is 1.54. The number of anilines is 2. The molecule has 298 valence electrons. The van der Waals surface area contributed by atoms with Gasteiger partial charge in [-0.1, -0.05) is 99.3 Å². The minimum absolute atomic E-state index is 0.0683. The Kier molecular flexibility index (Phi) is 10.0. The fourth-order valence-corrected chi connectivity index (χ4v) is 10.3. The van der Waals surface area contributed by atoms with E-state index >= 15 is 9.59 Å². The number of hydrogen-bond donors (Lipinski definition) is 2. The number of benzene rings is 5. The van der Waals surface area contributed by atoms with Crippen LogP contribution in [-0.2, 0) is 31.2 Å². The van der Waals surface area contributed by atoms with Gasteiger partial charge in [0.15, 0.2) is 0 Å². The van der Waals surface area contributed by atoms with E-state index in [2.05, 4.69) is 21.4 Å². The quantitative estimate of drug-likeness (QED) is 0.111.